The van der Waals surface area contributed by atoms with Crippen molar-refractivity contribution in [1.29, 1.82) is 0 Å². The van der Waals surface area contributed by atoms with Crippen molar-refractivity contribution in [3.8, 4) is 0 Å². The Labute approximate surface area is 137 Å². The predicted molar refractivity (Wildman–Crippen MR) is 83.8 cm³/mol. The van der Waals surface area contributed by atoms with Crippen LogP contribution in [-0.4, -0.2) is 18.4 Å². The molecule has 1 aliphatic rings. The average Bonchev–Trinajstić information content (AvgIpc) is 2.98. The van der Waals surface area contributed by atoms with E-state index in [-0.39, 0.29) is 6.54 Å². The summed E-state index contributed by atoms with van der Waals surface area (Å²) >= 11 is 0. The lowest BCUT2D eigenvalue weighted by atomic mass is 9.88. The van der Waals surface area contributed by atoms with Gasteiger partial charge in [0.2, 0.25) is 5.91 Å². The molecule has 0 spiro atoms. The molecule has 2 atom stereocenters. The highest BCUT2D eigenvalue weighted by Crippen LogP contribution is 2.30. The van der Waals surface area contributed by atoms with Crippen LogP contribution in [-0.2, 0) is 9.59 Å². The highest BCUT2D eigenvalue weighted by atomic mass is 19.2. The number of halogens is 2. The molecule has 7 heteroatoms. The maximum atomic E-state index is 13.4. The quantitative estimate of drug-likeness (QED) is 0.592. The fourth-order valence-electron chi connectivity index (χ4n) is 2.71. The van der Waals surface area contributed by atoms with Gasteiger partial charge in [0.05, 0.1) is 5.69 Å². The minimum absolute atomic E-state index is 0.188. The molecule has 0 saturated carbocycles. The summed E-state index contributed by atoms with van der Waals surface area (Å²) in [5.74, 6) is -4.55. The first kappa shape index (κ1) is 15.9. The topological polar surface area (TPSA) is 70.2 Å². The van der Waals surface area contributed by atoms with Gasteiger partial charge < -0.3 is 5.32 Å². The highest BCUT2D eigenvalue weighted by Gasteiger charge is 2.41. The minimum atomic E-state index is -1.02. The normalized spacial score (nSPS) is 19.7. The van der Waals surface area contributed by atoms with E-state index in [0.717, 1.165) is 12.1 Å². The summed E-state index contributed by atoms with van der Waals surface area (Å²) in [6.45, 7) is 0.188. The first-order chi connectivity index (χ1) is 11.6. The van der Waals surface area contributed by atoms with E-state index in [2.05, 4.69) is 16.2 Å². The van der Waals surface area contributed by atoms with Gasteiger partial charge >= 0.3 is 0 Å². The molecule has 124 valence electrons. The lowest BCUT2D eigenvalue weighted by molar-refractivity contribution is -0.133. The number of para-hydroxylation sites is 1. The predicted octanol–water partition coefficient (Wildman–Crippen LogP) is 1.94. The van der Waals surface area contributed by atoms with E-state index in [0.29, 0.717) is 11.3 Å². The van der Waals surface area contributed by atoms with E-state index in [4.69, 9.17) is 0 Å². The van der Waals surface area contributed by atoms with Crippen LogP contribution >= 0.6 is 0 Å². The molecule has 2 aromatic carbocycles. The standard InChI is InChI=1S/C17H15F2N3O2/c18-13-7-6-10(8-14(13)19)12-9-20-16(23)15(12)17(24)22-21-11-4-2-1-3-5-11/h1-8,12,15,21H,9H2,(H,20,23)(H,22,24)/t12-,15-/m1/s1. The molecule has 0 unspecified atom stereocenters. The molecule has 2 aromatic rings. The number of nitrogens with one attached hydrogen (secondary N) is 3. The monoisotopic (exact) mass is 331 g/mol. The van der Waals surface area contributed by atoms with Gasteiger partial charge in [-0.1, -0.05) is 24.3 Å². The Bertz CT molecular complexity index is 768. The molecule has 1 fully saturated rings. The van der Waals surface area contributed by atoms with E-state index in [1.807, 2.05) is 6.07 Å². The second-order valence-corrected chi connectivity index (χ2v) is 5.48. The zero-order chi connectivity index (χ0) is 17.1. The number of hydrazine groups is 1. The Morgan fingerprint density at radius 2 is 1.83 bits per heavy atom. The fourth-order valence-corrected chi connectivity index (χ4v) is 2.71. The van der Waals surface area contributed by atoms with E-state index in [1.54, 1.807) is 24.3 Å². The third-order valence-corrected chi connectivity index (χ3v) is 3.94. The van der Waals surface area contributed by atoms with Crippen LogP contribution in [0.3, 0.4) is 0 Å². The van der Waals surface area contributed by atoms with Crippen LogP contribution in [0.25, 0.3) is 0 Å². The molecule has 0 aromatic heterocycles. The summed E-state index contributed by atoms with van der Waals surface area (Å²) in [5, 5.41) is 2.59. The molecule has 0 radical (unpaired) electrons. The summed E-state index contributed by atoms with van der Waals surface area (Å²) in [6, 6.07) is 12.3. The van der Waals surface area contributed by atoms with Crippen molar-refractivity contribution in [3.63, 3.8) is 0 Å². The van der Waals surface area contributed by atoms with Gasteiger partial charge in [-0.3, -0.25) is 20.4 Å². The number of carbonyl (C=O) groups is 2. The second-order valence-electron chi connectivity index (χ2n) is 5.48. The second kappa shape index (κ2) is 6.66. The Morgan fingerprint density at radius 3 is 2.54 bits per heavy atom. The molecule has 0 aliphatic carbocycles. The summed E-state index contributed by atoms with van der Waals surface area (Å²) in [7, 11) is 0. The summed E-state index contributed by atoms with van der Waals surface area (Å²) < 4.78 is 26.5. The molecule has 3 rings (SSSR count). The molecule has 24 heavy (non-hydrogen) atoms. The Balaban J connectivity index is 1.75. The van der Waals surface area contributed by atoms with Crippen LogP contribution in [0.5, 0.6) is 0 Å². The Hall–Kier alpha value is -2.96. The van der Waals surface area contributed by atoms with Gasteiger partial charge in [0.25, 0.3) is 5.91 Å². The Kier molecular flexibility index (Phi) is 4.41. The molecule has 2 amide bonds. The van der Waals surface area contributed by atoms with E-state index in [9.17, 15) is 18.4 Å². The van der Waals surface area contributed by atoms with Crippen LogP contribution in [0.2, 0.25) is 0 Å². The maximum Gasteiger partial charge on any atom is 0.251 e. The third kappa shape index (κ3) is 3.19. The molecule has 1 saturated heterocycles. The van der Waals surface area contributed by atoms with Crippen LogP contribution in [0.15, 0.2) is 48.5 Å². The number of amides is 2. The van der Waals surface area contributed by atoms with Crippen LogP contribution in [0.4, 0.5) is 14.5 Å². The summed E-state index contributed by atoms with van der Waals surface area (Å²) in [6.07, 6.45) is 0. The number of anilines is 1. The summed E-state index contributed by atoms with van der Waals surface area (Å²) in [5.41, 5.74) is 6.26. The summed E-state index contributed by atoms with van der Waals surface area (Å²) in [4.78, 5) is 24.4. The number of hydrogen-bond acceptors (Lipinski definition) is 3. The van der Waals surface area contributed by atoms with Gasteiger partial charge in [-0.25, -0.2) is 8.78 Å². The number of benzene rings is 2. The van der Waals surface area contributed by atoms with Crippen molar-refractivity contribution in [2.24, 2.45) is 5.92 Å². The largest absolute Gasteiger partial charge is 0.355 e. The zero-order valence-electron chi connectivity index (χ0n) is 12.6. The van der Waals surface area contributed by atoms with Crippen molar-refractivity contribution in [2.45, 2.75) is 5.92 Å². The van der Waals surface area contributed by atoms with Gasteiger partial charge in [0.15, 0.2) is 11.6 Å². The minimum Gasteiger partial charge on any atom is -0.355 e. The molecular formula is C17H15F2N3O2. The van der Waals surface area contributed by atoms with Gasteiger partial charge in [-0.2, -0.15) is 0 Å². The highest BCUT2D eigenvalue weighted by molar-refractivity contribution is 6.03. The third-order valence-electron chi connectivity index (χ3n) is 3.94. The van der Waals surface area contributed by atoms with Crippen LogP contribution in [0, 0.1) is 17.6 Å². The smallest absolute Gasteiger partial charge is 0.251 e. The lowest BCUT2D eigenvalue weighted by Crippen LogP contribution is -2.40. The maximum absolute atomic E-state index is 13.4. The van der Waals surface area contributed by atoms with Gasteiger partial charge in [-0.05, 0) is 29.8 Å². The van der Waals surface area contributed by atoms with Gasteiger partial charge in [-0.15, -0.1) is 0 Å². The SMILES string of the molecule is O=C1NC[C@H](c2ccc(F)c(F)c2)[C@H]1C(=O)NNc1ccccc1. The molecular weight excluding hydrogens is 316 g/mol. The average molecular weight is 331 g/mol. The molecule has 0 bridgehead atoms. The number of carbonyl (C=O) groups excluding carboxylic acids is 2. The van der Waals surface area contributed by atoms with Crippen LogP contribution < -0.4 is 16.2 Å². The van der Waals surface area contributed by atoms with Crippen molar-refractivity contribution in [1.82, 2.24) is 10.7 Å². The van der Waals surface area contributed by atoms with Crippen molar-refractivity contribution >= 4 is 17.5 Å². The first-order valence-electron chi connectivity index (χ1n) is 7.40. The number of hydrogen-bond donors (Lipinski definition) is 3. The molecule has 5 nitrogen and oxygen atoms in total. The first-order valence-corrected chi connectivity index (χ1v) is 7.40. The lowest BCUT2D eigenvalue weighted by Gasteiger charge is -2.18. The van der Waals surface area contributed by atoms with E-state index >= 15 is 0 Å². The van der Waals surface area contributed by atoms with Gasteiger partial charge in [0, 0.05) is 12.5 Å². The molecule has 3 N–H and O–H groups in total. The molecule has 1 heterocycles. The van der Waals surface area contributed by atoms with Crippen LogP contribution in [0.1, 0.15) is 11.5 Å². The van der Waals surface area contributed by atoms with Crippen molar-refractivity contribution in [2.75, 3.05) is 12.0 Å². The van der Waals surface area contributed by atoms with Crippen molar-refractivity contribution < 1.29 is 18.4 Å². The van der Waals surface area contributed by atoms with Crippen molar-refractivity contribution in [3.05, 3.63) is 65.7 Å². The fraction of sp³-hybridized carbons (Fsp3) is 0.176. The number of rotatable bonds is 4. The zero-order valence-corrected chi connectivity index (χ0v) is 12.6. The molecule has 1 aliphatic heterocycles. The van der Waals surface area contributed by atoms with Gasteiger partial charge in [0.1, 0.15) is 5.92 Å². The van der Waals surface area contributed by atoms with E-state index < -0.39 is 35.3 Å². The van der Waals surface area contributed by atoms with E-state index in [1.165, 1.54) is 6.07 Å². The Morgan fingerprint density at radius 1 is 1.08 bits per heavy atom.